The SMILES string of the molecule is Cc1cccc(NC(=O)C2CCCN(C(=O)CCc3ccccc3Br)C2)n1. The fourth-order valence-corrected chi connectivity index (χ4v) is 3.84. The molecular formula is C21H24BrN3O2. The minimum absolute atomic E-state index is 0.0589. The Bertz CT molecular complexity index is 825. The maximum absolute atomic E-state index is 12.6. The predicted molar refractivity (Wildman–Crippen MR) is 109 cm³/mol. The number of anilines is 1. The fourth-order valence-electron chi connectivity index (χ4n) is 3.36. The molecule has 0 aliphatic carbocycles. The lowest BCUT2D eigenvalue weighted by atomic mass is 9.96. The van der Waals surface area contributed by atoms with Gasteiger partial charge in [0.25, 0.3) is 0 Å². The molecular weight excluding hydrogens is 406 g/mol. The molecule has 1 saturated heterocycles. The monoisotopic (exact) mass is 429 g/mol. The molecule has 1 aromatic heterocycles. The van der Waals surface area contributed by atoms with Gasteiger partial charge in [0.15, 0.2) is 0 Å². The molecule has 1 aliphatic heterocycles. The van der Waals surface area contributed by atoms with E-state index in [-0.39, 0.29) is 17.7 Å². The van der Waals surface area contributed by atoms with E-state index in [1.807, 2.05) is 48.2 Å². The van der Waals surface area contributed by atoms with E-state index in [0.29, 0.717) is 25.2 Å². The molecule has 0 saturated carbocycles. The van der Waals surface area contributed by atoms with Crippen LogP contribution in [0.3, 0.4) is 0 Å². The van der Waals surface area contributed by atoms with E-state index in [1.165, 1.54) is 0 Å². The Balaban J connectivity index is 1.54. The van der Waals surface area contributed by atoms with Crippen LogP contribution < -0.4 is 5.32 Å². The van der Waals surface area contributed by atoms with Crippen molar-refractivity contribution >= 4 is 33.6 Å². The highest BCUT2D eigenvalue weighted by Gasteiger charge is 2.28. The summed E-state index contributed by atoms with van der Waals surface area (Å²) >= 11 is 3.52. The van der Waals surface area contributed by atoms with Crippen LogP contribution in [0.15, 0.2) is 46.9 Å². The molecule has 2 aromatic rings. The van der Waals surface area contributed by atoms with Crippen molar-refractivity contribution in [2.24, 2.45) is 5.92 Å². The number of benzene rings is 1. The molecule has 6 heteroatoms. The van der Waals surface area contributed by atoms with Gasteiger partial charge in [-0.1, -0.05) is 40.2 Å². The lowest BCUT2D eigenvalue weighted by molar-refractivity contribution is -0.134. The normalized spacial score (nSPS) is 16.8. The van der Waals surface area contributed by atoms with Crippen molar-refractivity contribution in [2.75, 3.05) is 18.4 Å². The third kappa shape index (κ3) is 5.39. The zero-order valence-corrected chi connectivity index (χ0v) is 17.0. The van der Waals surface area contributed by atoms with Crippen LogP contribution in [-0.2, 0) is 16.0 Å². The first-order valence-corrected chi connectivity index (χ1v) is 10.1. The highest BCUT2D eigenvalue weighted by molar-refractivity contribution is 9.10. The van der Waals surface area contributed by atoms with Crippen molar-refractivity contribution < 1.29 is 9.59 Å². The number of aromatic nitrogens is 1. The molecule has 1 aromatic carbocycles. The van der Waals surface area contributed by atoms with E-state index in [0.717, 1.165) is 35.1 Å². The highest BCUT2D eigenvalue weighted by atomic mass is 79.9. The average Bonchev–Trinajstić information content (AvgIpc) is 2.67. The number of nitrogens with one attached hydrogen (secondary N) is 1. The Kier molecular flexibility index (Phi) is 6.61. The molecule has 1 unspecified atom stereocenters. The van der Waals surface area contributed by atoms with E-state index < -0.39 is 0 Å². The zero-order valence-electron chi connectivity index (χ0n) is 15.5. The van der Waals surface area contributed by atoms with E-state index in [2.05, 4.69) is 26.2 Å². The molecule has 0 spiro atoms. The number of rotatable bonds is 5. The number of halogens is 1. The van der Waals surface area contributed by atoms with Gasteiger partial charge in [-0.25, -0.2) is 4.98 Å². The van der Waals surface area contributed by atoms with Crippen molar-refractivity contribution in [3.8, 4) is 0 Å². The van der Waals surface area contributed by atoms with E-state index in [4.69, 9.17) is 0 Å². The maximum Gasteiger partial charge on any atom is 0.230 e. The number of aryl methyl sites for hydroxylation is 2. The van der Waals surface area contributed by atoms with Crippen LogP contribution in [0, 0.1) is 12.8 Å². The van der Waals surface area contributed by atoms with Gasteiger partial charge in [0.1, 0.15) is 5.82 Å². The Morgan fingerprint density at radius 3 is 2.81 bits per heavy atom. The number of carbonyl (C=O) groups is 2. The molecule has 0 radical (unpaired) electrons. The van der Waals surface area contributed by atoms with Gasteiger partial charge in [0.05, 0.1) is 5.92 Å². The Morgan fingerprint density at radius 2 is 2.04 bits per heavy atom. The molecule has 1 fully saturated rings. The second-order valence-corrected chi connectivity index (χ2v) is 7.78. The van der Waals surface area contributed by atoms with Crippen LogP contribution in [0.2, 0.25) is 0 Å². The number of nitrogens with zero attached hydrogens (tertiary/aromatic N) is 2. The van der Waals surface area contributed by atoms with Crippen molar-refractivity contribution in [3.63, 3.8) is 0 Å². The molecule has 1 atom stereocenters. The van der Waals surface area contributed by atoms with E-state index >= 15 is 0 Å². The first-order chi connectivity index (χ1) is 13.0. The van der Waals surface area contributed by atoms with Crippen molar-refractivity contribution in [1.29, 1.82) is 0 Å². The summed E-state index contributed by atoms with van der Waals surface area (Å²) in [5, 5.41) is 2.88. The summed E-state index contributed by atoms with van der Waals surface area (Å²) in [6.45, 7) is 3.09. The predicted octanol–water partition coefficient (Wildman–Crippen LogP) is 3.96. The van der Waals surface area contributed by atoms with Crippen LogP contribution in [0.4, 0.5) is 5.82 Å². The van der Waals surface area contributed by atoms with Crippen molar-refractivity contribution in [2.45, 2.75) is 32.6 Å². The van der Waals surface area contributed by atoms with E-state index in [9.17, 15) is 9.59 Å². The molecule has 2 amide bonds. The summed E-state index contributed by atoms with van der Waals surface area (Å²) in [6.07, 6.45) is 2.79. The lowest BCUT2D eigenvalue weighted by Crippen LogP contribution is -2.43. The first-order valence-electron chi connectivity index (χ1n) is 9.28. The number of hydrogen-bond acceptors (Lipinski definition) is 3. The second kappa shape index (κ2) is 9.13. The summed E-state index contributed by atoms with van der Waals surface area (Å²) in [5.41, 5.74) is 1.99. The van der Waals surface area contributed by atoms with Gasteiger partial charge < -0.3 is 10.2 Å². The van der Waals surface area contributed by atoms with Crippen LogP contribution in [0.1, 0.15) is 30.5 Å². The minimum Gasteiger partial charge on any atom is -0.342 e. The van der Waals surface area contributed by atoms with Gasteiger partial charge in [-0.15, -0.1) is 0 Å². The maximum atomic E-state index is 12.6. The fraction of sp³-hybridized carbons (Fsp3) is 0.381. The number of likely N-dealkylation sites (tertiary alicyclic amines) is 1. The zero-order chi connectivity index (χ0) is 19.2. The van der Waals surface area contributed by atoms with Gasteiger partial charge in [0.2, 0.25) is 11.8 Å². The second-order valence-electron chi connectivity index (χ2n) is 6.92. The Hall–Kier alpha value is -2.21. The average molecular weight is 430 g/mol. The summed E-state index contributed by atoms with van der Waals surface area (Å²) in [7, 11) is 0. The van der Waals surface area contributed by atoms with Crippen molar-refractivity contribution in [1.82, 2.24) is 9.88 Å². The third-order valence-corrected chi connectivity index (χ3v) is 5.62. The van der Waals surface area contributed by atoms with E-state index in [1.54, 1.807) is 6.07 Å². The van der Waals surface area contributed by atoms with Gasteiger partial charge in [0, 0.05) is 29.7 Å². The number of pyridine rings is 1. The number of piperidine rings is 1. The molecule has 27 heavy (non-hydrogen) atoms. The minimum atomic E-state index is -0.187. The van der Waals surface area contributed by atoms with Gasteiger partial charge in [-0.05, 0) is 49.9 Å². The van der Waals surface area contributed by atoms with Crippen molar-refractivity contribution in [3.05, 3.63) is 58.2 Å². The number of amides is 2. The van der Waals surface area contributed by atoms with Crippen LogP contribution in [0.5, 0.6) is 0 Å². The van der Waals surface area contributed by atoms with Crippen LogP contribution >= 0.6 is 15.9 Å². The molecule has 1 aliphatic rings. The molecule has 2 heterocycles. The Labute approximate surface area is 168 Å². The molecule has 3 rings (SSSR count). The summed E-state index contributed by atoms with van der Waals surface area (Å²) in [6, 6.07) is 13.5. The smallest absolute Gasteiger partial charge is 0.230 e. The number of carbonyl (C=O) groups excluding carboxylic acids is 2. The standard InChI is InChI=1S/C21H24BrN3O2/c1-15-6-4-10-19(23-15)24-21(27)17-8-5-13-25(14-17)20(26)12-11-16-7-2-3-9-18(16)22/h2-4,6-7,9-10,17H,5,8,11-14H2,1H3,(H,23,24,27). The van der Waals surface area contributed by atoms with Gasteiger partial charge in [-0.2, -0.15) is 0 Å². The molecule has 1 N–H and O–H groups in total. The topological polar surface area (TPSA) is 62.3 Å². The quantitative estimate of drug-likeness (QED) is 0.781. The number of hydrogen-bond donors (Lipinski definition) is 1. The summed E-state index contributed by atoms with van der Waals surface area (Å²) < 4.78 is 1.03. The van der Waals surface area contributed by atoms with Gasteiger partial charge in [-0.3, -0.25) is 9.59 Å². The summed E-state index contributed by atoms with van der Waals surface area (Å²) in [4.78, 5) is 31.3. The third-order valence-electron chi connectivity index (χ3n) is 4.85. The van der Waals surface area contributed by atoms with Crippen LogP contribution in [0.25, 0.3) is 0 Å². The first kappa shape index (κ1) is 19.5. The summed E-state index contributed by atoms with van der Waals surface area (Å²) in [5.74, 6) is 0.430. The Morgan fingerprint density at radius 1 is 1.22 bits per heavy atom. The van der Waals surface area contributed by atoms with Crippen LogP contribution in [-0.4, -0.2) is 34.8 Å². The molecule has 142 valence electrons. The lowest BCUT2D eigenvalue weighted by Gasteiger charge is -2.32. The molecule has 5 nitrogen and oxygen atoms in total. The van der Waals surface area contributed by atoms with Gasteiger partial charge >= 0.3 is 0 Å². The largest absolute Gasteiger partial charge is 0.342 e. The highest BCUT2D eigenvalue weighted by Crippen LogP contribution is 2.21. The molecule has 0 bridgehead atoms.